The van der Waals surface area contributed by atoms with E-state index in [1.807, 2.05) is 6.07 Å². The van der Waals surface area contributed by atoms with E-state index in [9.17, 15) is 14.0 Å². The van der Waals surface area contributed by atoms with Crippen LogP contribution in [0.5, 0.6) is 0 Å². The molecule has 1 saturated heterocycles. The molecule has 6 nitrogen and oxygen atoms in total. The van der Waals surface area contributed by atoms with Gasteiger partial charge in [0.1, 0.15) is 22.9 Å². The van der Waals surface area contributed by atoms with Gasteiger partial charge in [0.15, 0.2) is 0 Å². The Bertz CT molecular complexity index is 874. The zero-order chi connectivity index (χ0) is 18.0. The number of thiophene rings is 1. The highest BCUT2D eigenvalue weighted by Gasteiger charge is 2.32. The summed E-state index contributed by atoms with van der Waals surface area (Å²) in [6, 6.07) is 8.11. The largest absolute Gasteiger partial charge is 0.442 e. The summed E-state index contributed by atoms with van der Waals surface area (Å²) >= 11 is 1.24. The molecule has 1 atom stereocenters. The van der Waals surface area contributed by atoms with E-state index in [1.54, 1.807) is 23.6 Å². The molecule has 0 unspecified atom stereocenters. The first-order chi connectivity index (χ1) is 12.0. The fourth-order valence-electron chi connectivity index (χ4n) is 2.54. The molecule has 1 fully saturated rings. The fraction of sp³-hybridized carbons (Fsp3) is 0.235. The lowest BCUT2D eigenvalue weighted by atomic mass is 10.1. The van der Waals surface area contributed by atoms with Crippen molar-refractivity contribution in [2.45, 2.75) is 13.0 Å². The van der Waals surface area contributed by atoms with E-state index >= 15 is 0 Å². The highest BCUT2D eigenvalue weighted by molar-refractivity contribution is 7.10. The molecular weight excluding hydrogens is 345 g/mol. The number of nitrogens with one attached hydrogen (secondary N) is 1. The van der Waals surface area contributed by atoms with Crippen LogP contribution < -0.4 is 10.2 Å². The Balaban J connectivity index is 1.77. The molecule has 0 saturated carbocycles. The van der Waals surface area contributed by atoms with E-state index in [2.05, 4.69) is 5.32 Å². The smallest absolute Gasteiger partial charge is 0.414 e. The number of amides is 2. The third kappa shape index (κ3) is 3.61. The minimum atomic E-state index is -0.579. The summed E-state index contributed by atoms with van der Waals surface area (Å²) in [5.74, 6) is -0.699. The van der Waals surface area contributed by atoms with Gasteiger partial charge in [-0.2, -0.15) is 5.26 Å². The Labute approximate surface area is 147 Å². The first-order valence-electron chi connectivity index (χ1n) is 7.49. The van der Waals surface area contributed by atoms with Gasteiger partial charge in [0.25, 0.3) is 0 Å². The maximum absolute atomic E-state index is 14.5. The van der Waals surface area contributed by atoms with Crippen LogP contribution in [0.3, 0.4) is 0 Å². The van der Waals surface area contributed by atoms with E-state index in [-0.39, 0.29) is 19.0 Å². The molecule has 8 heteroatoms. The van der Waals surface area contributed by atoms with Crippen molar-refractivity contribution >= 4 is 29.0 Å². The predicted molar refractivity (Wildman–Crippen MR) is 90.7 cm³/mol. The second kappa shape index (κ2) is 6.91. The number of halogens is 1. The molecule has 128 valence electrons. The van der Waals surface area contributed by atoms with Crippen molar-refractivity contribution in [2.75, 3.05) is 18.0 Å². The van der Waals surface area contributed by atoms with Gasteiger partial charge in [0.05, 0.1) is 18.8 Å². The zero-order valence-corrected chi connectivity index (χ0v) is 14.1. The van der Waals surface area contributed by atoms with Crippen LogP contribution in [0.15, 0.2) is 29.6 Å². The molecule has 0 radical (unpaired) electrons. The number of rotatable bonds is 4. The van der Waals surface area contributed by atoms with Gasteiger partial charge in [-0.15, -0.1) is 11.3 Å². The first kappa shape index (κ1) is 16.9. The Hall–Kier alpha value is -2.92. The van der Waals surface area contributed by atoms with E-state index in [1.165, 1.54) is 29.2 Å². The number of hydrogen-bond donors (Lipinski definition) is 1. The Morgan fingerprint density at radius 3 is 2.96 bits per heavy atom. The highest BCUT2D eigenvalue weighted by Crippen LogP contribution is 2.31. The molecule has 0 spiro atoms. The average molecular weight is 359 g/mol. The van der Waals surface area contributed by atoms with Crippen LogP contribution >= 0.6 is 11.3 Å². The number of ether oxygens (including phenoxy) is 1. The van der Waals surface area contributed by atoms with Crippen LogP contribution in [0.2, 0.25) is 0 Å². The second-order valence-corrected chi connectivity index (χ2v) is 6.44. The Morgan fingerprint density at radius 2 is 2.32 bits per heavy atom. The number of hydrogen-bond acceptors (Lipinski definition) is 5. The molecule has 0 aliphatic carbocycles. The molecule has 0 bridgehead atoms. The molecule has 1 aromatic heterocycles. The van der Waals surface area contributed by atoms with Crippen molar-refractivity contribution in [1.82, 2.24) is 5.32 Å². The van der Waals surface area contributed by atoms with Gasteiger partial charge in [-0.25, -0.2) is 9.18 Å². The fourth-order valence-corrected chi connectivity index (χ4v) is 3.24. The maximum atomic E-state index is 14.5. The third-order valence-corrected chi connectivity index (χ3v) is 4.57. The van der Waals surface area contributed by atoms with Crippen LogP contribution in [-0.2, 0) is 9.53 Å². The Kier molecular flexibility index (Phi) is 4.67. The maximum Gasteiger partial charge on any atom is 0.414 e. The van der Waals surface area contributed by atoms with Crippen LogP contribution in [0.4, 0.5) is 14.9 Å². The monoisotopic (exact) mass is 359 g/mol. The lowest BCUT2D eigenvalue weighted by Gasteiger charge is -2.14. The third-order valence-electron chi connectivity index (χ3n) is 3.74. The van der Waals surface area contributed by atoms with Crippen molar-refractivity contribution in [2.24, 2.45) is 0 Å². The summed E-state index contributed by atoms with van der Waals surface area (Å²) in [6.45, 7) is 1.82. The van der Waals surface area contributed by atoms with Crippen molar-refractivity contribution in [3.63, 3.8) is 0 Å². The first-order valence-corrected chi connectivity index (χ1v) is 8.37. The lowest BCUT2D eigenvalue weighted by Crippen LogP contribution is -2.33. The number of carbonyl (C=O) groups excluding carboxylic acids is 2. The van der Waals surface area contributed by atoms with Crippen molar-refractivity contribution in [3.05, 3.63) is 40.3 Å². The number of benzene rings is 1. The van der Waals surface area contributed by atoms with E-state index in [0.717, 1.165) is 0 Å². The average Bonchev–Trinajstić information content (AvgIpc) is 3.19. The molecule has 1 aromatic carbocycles. The number of nitrogens with zero attached hydrogens (tertiary/aromatic N) is 2. The Morgan fingerprint density at radius 1 is 1.52 bits per heavy atom. The minimum Gasteiger partial charge on any atom is -0.442 e. The van der Waals surface area contributed by atoms with E-state index < -0.39 is 18.0 Å². The van der Waals surface area contributed by atoms with Crippen molar-refractivity contribution in [1.29, 1.82) is 5.26 Å². The normalized spacial score (nSPS) is 16.4. The van der Waals surface area contributed by atoms with Crippen LogP contribution in [0, 0.1) is 17.1 Å². The summed E-state index contributed by atoms with van der Waals surface area (Å²) in [5, 5.41) is 13.2. The zero-order valence-electron chi connectivity index (χ0n) is 13.3. The second-order valence-electron chi connectivity index (χ2n) is 5.53. The standard InChI is InChI=1S/C17H14FN3O3S/c1-10(22)20-7-13-8-21(17(23)24-13)12-2-3-15(16(18)5-12)11-4-14(6-19)25-9-11/h2-5,9,13H,7-8H2,1H3,(H,20,22)/t13-/m0/s1. The number of cyclic esters (lactones) is 1. The molecule has 25 heavy (non-hydrogen) atoms. The van der Waals surface area contributed by atoms with Gasteiger partial charge in [-0.05, 0) is 29.8 Å². The molecule has 2 heterocycles. The lowest BCUT2D eigenvalue weighted by molar-refractivity contribution is -0.119. The van der Waals surface area contributed by atoms with Crippen LogP contribution in [0.25, 0.3) is 11.1 Å². The molecule has 3 rings (SSSR count). The summed E-state index contributed by atoms with van der Waals surface area (Å²) < 4.78 is 19.6. The minimum absolute atomic E-state index is 0.211. The quantitative estimate of drug-likeness (QED) is 0.910. The molecule has 1 aliphatic rings. The summed E-state index contributed by atoms with van der Waals surface area (Å²) in [6.07, 6.45) is -1.06. The molecule has 1 N–H and O–H groups in total. The highest BCUT2D eigenvalue weighted by atomic mass is 32.1. The van der Waals surface area contributed by atoms with Crippen LogP contribution in [-0.4, -0.2) is 31.2 Å². The topological polar surface area (TPSA) is 82.4 Å². The van der Waals surface area contributed by atoms with Gasteiger partial charge in [-0.1, -0.05) is 0 Å². The van der Waals surface area contributed by atoms with Gasteiger partial charge in [-0.3, -0.25) is 9.69 Å². The van der Waals surface area contributed by atoms with Gasteiger partial charge in [0.2, 0.25) is 5.91 Å². The number of nitriles is 1. The molecule has 2 aromatic rings. The van der Waals surface area contributed by atoms with Gasteiger partial charge in [0, 0.05) is 17.9 Å². The predicted octanol–water partition coefficient (Wildman–Crippen LogP) is 2.89. The van der Waals surface area contributed by atoms with Crippen molar-refractivity contribution in [3.8, 4) is 17.2 Å². The molecule has 2 amide bonds. The van der Waals surface area contributed by atoms with Crippen molar-refractivity contribution < 1.29 is 18.7 Å². The van der Waals surface area contributed by atoms with Gasteiger partial charge >= 0.3 is 6.09 Å². The van der Waals surface area contributed by atoms with Crippen LogP contribution in [0.1, 0.15) is 11.8 Å². The molecular formula is C17H14FN3O3S. The van der Waals surface area contributed by atoms with Gasteiger partial charge < -0.3 is 10.1 Å². The van der Waals surface area contributed by atoms with E-state index in [0.29, 0.717) is 21.7 Å². The summed E-state index contributed by atoms with van der Waals surface area (Å²) in [7, 11) is 0. The molecule has 1 aliphatic heterocycles. The summed E-state index contributed by atoms with van der Waals surface area (Å²) in [4.78, 5) is 24.7. The summed E-state index contributed by atoms with van der Waals surface area (Å²) in [5.41, 5.74) is 1.37. The number of anilines is 1. The SMILES string of the molecule is CC(=O)NC[C@H]1CN(c2ccc(-c3csc(C#N)c3)c(F)c2)C(=O)O1. The number of carbonyl (C=O) groups is 2. The van der Waals surface area contributed by atoms with E-state index in [4.69, 9.17) is 10.00 Å².